The second-order valence-electron chi connectivity index (χ2n) is 6.77. The fourth-order valence-corrected chi connectivity index (χ4v) is 2.77. The van der Waals surface area contributed by atoms with Crippen LogP contribution in [0, 0.1) is 0 Å². The monoisotopic (exact) mass is 380 g/mol. The first-order chi connectivity index (χ1) is 13.4. The van der Waals surface area contributed by atoms with Gasteiger partial charge in [-0.1, -0.05) is 30.3 Å². The number of carbonyl (C=O) groups excluding carboxylic acids is 1. The Bertz CT molecular complexity index is 1000. The Morgan fingerprint density at radius 3 is 2.32 bits per heavy atom. The SMILES string of the molecule is COc1ccc(-n2nc(-c3ccccc3)n(CC(=O)N(C)C(C)C)c2=O)cc1. The van der Waals surface area contributed by atoms with Crippen LogP contribution >= 0.6 is 0 Å². The third-order valence-corrected chi connectivity index (χ3v) is 4.67. The van der Waals surface area contributed by atoms with E-state index in [1.54, 1.807) is 43.3 Å². The van der Waals surface area contributed by atoms with E-state index in [4.69, 9.17) is 4.74 Å². The molecule has 1 heterocycles. The van der Waals surface area contributed by atoms with Gasteiger partial charge in [0.1, 0.15) is 12.3 Å². The van der Waals surface area contributed by atoms with Gasteiger partial charge in [-0.15, -0.1) is 5.10 Å². The standard InChI is InChI=1S/C21H24N4O3/c1-15(2)23(3)19(26)14-24-20(16-8-6-5-7-9-16)22-25(21(24)27)17-10-12-18(28-4)13-11-17/h5-13,15H,14H2,1-4H3. The maximum atomic E-state index is 13.1. The minimum Gasteiger partial charge on any atom is -0.497 e. The van der Waals surface area contributed by atoms with Crippen LogP contribution in [-0.4, -0.2) is 45.4 Å². The van der Waals surface area contributed by atoms with Crippen LogP contribution in [0.4, 0.5) is 0 Å². The van der Waals surface area contributed by atoms with Gasteiger partial charge in [-0.05, 0) is 38.1 Å². The van der Waals surface area contributed by atoms with Crippen LogP contribution in [0.2, 0.25) is 0 Å². The molecular formula is C21H24N4O3. The maximum absolute atomic E-state index is 13.1. The van der Waals surface area contributed by atoms with Crippen molar-refractivity contribution in [2.45, 2.75) is 26.4 Å². The molecule has 0 N–H and O–H groups in total. The summed E-state index contributed by atoms with van der Waals surface area (Å²) in [7, 11) is 3.31. The number of rotatable bonds is 6. The van der Waals surface area contributed by atoms with Crippen LogP contribution in [0.25, 0.3) is 17.1 Å². The summed E-state index contributed by atoms with van der Waals surface area (Å²) >= 11 is 0. The Balaban J connectivity index is 2.09. The summed E-state index contributed by atoms with van der Waals surface area (Å²) in [6.45, 7) is 3.78. The van der Waals surface area contributed by atoms with Gasteiger partial charge < -0.3 is 9.64 Å². The molecule has 1 amide bonds. The number of benzene rings is 2. The molecular weight excluding hydrogens is 356 g/mol. The van der Waals surface area contributed by atoms with Crippen molar-refractivity contribution < 1.29 is 9.53 Å². The minimum atomic E-state index is -0.366. The molecule has 0 aliphatic carbocycles. The first-order valence-electron chi connectivity index (χ1n) is 9.07. The smallest absolute Gasteiger partial charge is 0.351 e. The lowest BCUT2D eigenvalue weighted by Crippen LogP contribution is -2.38. The van der Waals surface area contributed by atoms with Gasteiger partial charge in [0.05, 0.1) is 12.8 Å². The van der Waals surface area contributed by atoms with Crippen molar-refractivity contribution in [1.29, 1.82) is 0 Å². The summed E-state index contributed by atoms with van der Waals surface area (Å²) < 4.78 is 7.90. The Hall–Kier alpha value is -3.35. The van der Waals surface area contributed by atoms with E-state index in [-0.39, 0.29) is 24.2 Å². The molecule has 0 spiro atoms. The third-order valence-electron chi connectivity index (χ3n) is 4.67. The number of aromatic nitrogens is 3. The van der Waals surface area contributed by atoms with E-state index < -0.39 is 0 Å². The van der Waals surface area contributed by atoms with Crippen molar-refractivity contribution in [2.24, 2.45) is 0 Å². The van der Waals surface area contributed by atoms with E-state index >= 15 is 0 Å². The Morgan fingerprint density at radius 1 is 1.11 bits per heavy atom. The number of ether oxygens (including phenoxy) is 1. The van der Waals surface area contributed by atoms with Gasteiger partial charge in [-0.3, -0.25) is 9.36 Å². The summed E-state index contributed by atoms with van der Waals surface area (Å²) in [4.78, 5) is 27.4. The summed E-state index contributed by atoms with van der Waals surface area (Å²) in [5, 5.41) is 4.52. The van der Waals surface area contributed by atoms with Crippen LogP contribution < -0.4 is 10.4 Å². The number of methoxy groups -OCH3 is 1. The molecule has 1 aromatic heterocycles. The zero-order chi connectivity index (χ0) is 20.3. The highest BCUT2D eigenvalue weighted by Gasteiger charge is 2.21. The molecule has 0 fully saturated rings. The lowest BCUT2D eigenvalue weighted by atomic mass is 10.2. The summed E-state index contributed by atoms with van der Waals surface area (Å²) in [6, 6.07) is 16.5. The van der Waals surface area contributed by atoms with Crippen molar-refractivity contribution in [2.75, 3.05) is 14.2 Å². The Labute approximate surface area is 163 Å². The lowest BCUT2D eigenvalue weighted by Gasteiger charge is -2.21. The fraction of sp³-hybridized carbons (Fsp3) is 0.286. The van der Waals surface area contributed by atoms with Crippen LogP contribution in [0.3, 0.4) is 0 Å². The van der Waals surface area contributed by atoms with E-state index in [0.29, 0.717) is 17.3 Å². The first kappa shape index (κ1) is 19.4. The first-order valence-corrected chi connectivity index (χ1v) is 9.07. The third kappa shape index (κ3) is 3.83. The van der Waals surface area contributed by atoms with E-state index in [1.807, 2.05) is 44.2 Å². The molecule has 2 aromatic carbocycles. The van der Waals surface area contributed by atoms with Crippen LogP contribution in [-0.2, 0) is 11.3 Å². The van der Waals surface area contributed by atoms with Gasteiger partial charge in [0.15, 0.2) is 5.82 Å². The molecule has 0 saturated heterocycles. The zero-order valence-electron chi connectivity index (χ0n) is 16.5. The highest BCUT2D eigenvalue weighted by atomic mass is 16.5. The normalized spacial score (nSPS) is 10.9. The van der Waals surface area contributed by atoms with E-state index in [1.165, 1.54) is 9.25 Å². The van der Waals surface area contributed by atoms with Gasteiger partial charge in [0.2, 0.25) is 5.91 Å². The molecule has 0 aliphatic rings. The maximum Gasteiger partial charge on any atom is 0.351 e. The van der Waals surface area contributed by atoms with Crippen LogP contribution in [0.1, 0.15) is 13.8 Å². The van der Waals surface area contributed by atoms with Crippen molar-refractivity contribution in [3.05, 3.63) is 65.1 Å². The molecule has 0 radical (unpaired) electrons. The molecule has 0 atom stereocenters. The predicted octanol–water partition coefficient (Wildman–Crippen LogP) is 2.58. The van der Waals surface area contributed by atoms with E-state index in [9.17, 15) is 9.59 Å². The predicted molar refractivity (Wildman–Crippen MR) is 108 cm³/mol. The average molecular weight is 380 g/mol. The topological polar surface area (TPSA) is 69.4 Å². The van der Waals surface area contributed by atoms with E-state index in [0.717, 1.165) is 5.56 Å². The van der Waals surface area contributed by atoms with Crippen molar-refractivity contribution in [3.8, 4) is 22.8 Å². The summed E-state index contributed by atoms with van der Waals surface area (Å²) in [5.74, 6) is 0.990. The van der Waals surface area contributed by atoms with Crippen LogP contribution in [0.15, 0.2) is 59.4 Å². The highest BCUT2D eigenvalue weighted by molar-refractivity contribution is 5.76. The van der Waals surface area contributed by atoms with Crippen LogP contribution in [0.5, 0.6) is 5.75 Å². The quantitative estimate of drug-likeness (QED) is 0.659. The number of amides is 1. The van der Waals surface area contributed by atoms with Crippen molar-refractivity contribution in [3.63, 3.8) is 0 Å². The minimum absolute atomic E-state index is 0.0417. The van der Waals surface area contributed by atoms with Gasteiger partial charge in [0, 0.05) is 18.7 Å². The lowest BCUT2D eigenvalue weighted by molar-refractivity contribution is -0.132. The number of hydrogen-bond donors (Lipinski definition) is 0. The molecule has 7 nitrogen and oxygen atoms in total. The molecule has 28 heavy (non-hydrogen) atoms. The number of likely N-dealkylation sites (N-methyl/N-ethyl adjacent to an activating group) is 1. The average Bonchev–Trinajstić information content (AvgIpc) is 3.04. The molecule has 0 unspecified atom stereocenters. The van der Waals surface area contributed by atoms with Crippen molar-refractivity contribution in [1.82, 2.24) is 19.2 Å². The van der Waals surface area contributed by atoms with Gasteiger partial charge in [0.25, 0.3) is 0 Å². The largest absolute Gasteiger partial charge is 0.497 e. The number of hydrogen-bond acceptors (Lipinski definition) is 4. The highest BCUT2D eigenvalue weighted by Crippen LogP contribution is 2.18. The molecule has 3 rings (SSSR count). The van der Waals surface area contributed by atoms with Gasteiger partial charge in [-0.25, -0.2) is 4.79 Å². The molecule has 0 saturated carbocycles. The number of nitrogens with zero attached hydrogens (tertiary/aromatic N) is 4. The molecule has 3 aromatic rings. The zero-order valence-corrected chi connectivity index (χ0v) is 16.5. The molecule has 0 bridgehead atoms. The summed E-state index contributed by atoms with van der Waals surface area (Å²) in [5.41, 5.74) is 1.01. The van der Waals surface area contributed by atoms with Crippen molar-refractivity contribution >= 4 is 5.91 Å². The molecule has 146 valence electrons. The Morgan fingerprint density at radius 2 is 1.75 bits per heavy atom. The van der Waals surface area contributed by atoms with Gasteiger partial charge >= 0.3 is 5.69 Å². The van der Waals surface area contributed by atoms with Gasteiger partial charge in [-0.2, -0.15) is 4.68 Å². The second-order valence-corrected chi connectivity index (χ2v) is 6.77. The van der Waals surface area contributed by atoms with E-state index in [2.05, 4.69) is 5.10 Å². The fourth-order valence-electron chi connectivity index (χ4n) is 2.77. The molecule has 0 aliphatic heterocycles. The number of carbonyl (C=O) groups is 1. The summed E-state index contributed by atoms with van der Waals surface area (Å²) in [6.07, 6.45) is 0. The Kier molecular flexibility index (Phi) is 5.63. The second kappa shape index (κ2) is 8.12. The molecule has 7 heteroatoms.